The van der Waals surface area contributed by atoms with Gasteiger partial charge in [0.25, 0.3) is 5.56 Å². The van der Waals surface area contributed by atoms with Crippen LogP contribution in [0.25, 0.3) is 0 Å². The summed E-state index contributed by atoms with van der Waals surface area (Å²) in [6.07, 6.45) is 2.26. The van der Waals surface area contributed by atoms with Gasteiger partial charge in [-0.05, 0) is 6.42 Å². The van der Waals surface area contributed by atoms with Crippen LogP contribution in [0.15, 0.2) is 21.9 Å². The van der Waals surface area contributed by atoms with E-state index in [9.17, 15) is 9.59 Å². The lowest BCUT2D eigenvalue weighted by Crippen LogP contribution is -2.30. The maximum absolute atomic E-state index is 11.0. The third-order valence-electron chi connectivity index (χ3n) is 1.21. The molecule has 0 radical (unpaired) electrons. The minimum absolute atomic E-state index is 0.426. The fourth-order valence-electron chi connectivity index (χ4n) is 0.641. The first-order valence-electron chi connectivity index (χ1n) is 3.86. The van der Waals surface area contributed by atoms with Gasteiger partial charge < -0.3 is 4.28 Å². The number of hydrogen-bond donors (Lipinski definition) is 1. The number of aromatic amines is 1. The maximum atomic E-state index is 11.0. The van der Waals surface area contributed by atoms with Crippen LogP contribution in [0.2, 0.25) is 0 Å². The third kappa shape index (κ3) is 2.98. The van der Waals surface area contributed by atoms with E-state index < -0.39 is 11.2 Å². The number of nitrogens with one attached hydrogen (secondary N) is 1. The lowest BCUT2D eigenvalue weighted by molar-refractivity contribution is 0.300. The maximum Gasteiger partial charge on any atom is 0.362 e. The van der Waals surface area contributed by atoms with Gasteiger partial charge in [-0.2, -0.15) is 0 Å². The van der Waals surface area contributed by atoms with E-state index in [0.29, 0.717) is 0 Å². The van der Waals surface area contributed by atoms with Gasteiger partial charge in [-0.25, -0.2) is 4.79 Å². The van der Waals surface area contributed by atoms with E-state index >= 15 is 0 Å². The van der Waals surface area contributed by atoms with Gasteiger partial charge in [0.2, 0.25) is 0 Å². The summed E-state index contributed by atoms with van der Waals surface area (Å²) in [6.45, 7) is 2.01. The molecule has 1 N–H and O–H groups in total. The van der Waals surface area contributed by atoms with E-state index in [1.165, 1.54) is 24.3 Å². The molecule has 1 aromatic heterocycles. The summed E-state index contributed by atoms with van der Waals surface area (Å²) >= 11 is 1.17. The Morgan fingerprint density at radius 1 is 1.62 bits per heavy atom. The van der Waals surface area contributed by atoms with Gasteiger partial charge in [0.1, 0.15) is 0 Å². The number of hydrogen-bond acceptors (Lipinski definition) is 4. The normalized spacial score (nSPS) is 9.92. The van der Waals surface area contributed by atoms with Crippen LogP contribution < -0.4 is 15.5 Å². The number of aromatic nitrogens is 2. The summed E-state index contributed by atoms with van der Waals surface area (Å²) in [4.78, 5) is 23.7. The van der Waals surface area contributed by atoms with Crippen molar-refractivity contribution in [3.8, 4) is 0 Å². The minimum atomic E-state index is -0.559. The minimum Gasteiger partial charge on any atom is -0.336 e. The molecule has 0 bridgehead atoms. The average Bonchev–Trinajstić information content (AvgIpc) is 2.09. The van der Waals surface area contributed by atoms with Crippen molar-refractivity contribution in [2.75, 3.05) is 5.75 Å². The van der Waals surface area contributed by atoms with Gasteiger partial charge in [-0.1, -0.05) is 6.92 Å². The zero-order chi connectivity index (χ0) is 9.68. The molecule has 1 aromatic rings. The van der Waals surface area contributed by atoms with Gasteiger partial charge >= 0.3 is 5.69 Å². The second-order valence-corrected chi connectivity index (χ2v) is 3.13. The Balaban J connectivity index is 2.67. The first-order chi connectivity index (χ1) is 6.24. The van der Waals surface area contributed by atoms with E-state index in [2.05, 4.69) is 4.98 Å². The SMILES string of the molecule is CCCSOn1ccc(=O)[nH]c1=O. The van der Waals surface area contributed by atoms with E-state index in [-0.39, 0.29) is 0 Å². The molecule has 72 valence electrons. The molecular weight excluding hydrogens is 192 g/mol. The zero-order valence-electron chi connectivity index (χ0n) is 7.15. The van der Waals surface area contributed by atoms with Crippen LogP contribution in [0.3, 0.4) is 0 Å². The van der Waals surface area contributed by atoms with E-state index in [0.717, 1.165) is 16.9 Å². The summed E-state index contributed by atoms with van der Waals surface area (Å²) in [5.41, 5.74) is -0.985. The Hall–Kier alpha value is -1.17. The molecule has 0 unspecified atom stereocenters. The first-order valence-corrected chi connectivity index (χ1v) is 4.77. The van der Waals surface area contributed by atoms with Crippen molar-refractivity contribution in [3.63, 3.8) is 0 Å². The molecule has 5 nitrogen and oxygen atoms in total. The Labute approximate surface area is 78.9 Å². The van der Waals surface area contributed by atoms with Gasteiger partial charge in [-0.15, -0.1) is 4.73 Å². The molecule has 0 atom stereocenters. The zero-order valence-corrected chi connectivity index (χ0v) is 7.97. The smallest absolute Gasteiger partial charge is 0.336 e. The highest BCUT2D eigenvalue weighted by molar-refractivity contribution is 7.94. The molecule has 1 rings (SSSR count). The lowest BCUT2D eigenvalue weighted by Gasteiger charge is -2.02. The average molecular weight is 202 g/mol. The molecule has 0 aliphatic rings. The quantitative estimate of drug-likeness (QED) is 0.552. The predicted octanol–water partition coefficient (Wildman–Crippen LogP) is 0.0234. The fourth-order valence-corrected chi connectivity index (χ4v) is 1.11. The monoisotopic (exact) mass is 202 g/mol. The largest absolute Gasteiger partial charge is 0.362 e. The van der Waals surface area contributed by atoms with Crippen LogP contribution in [0, 0.1) is 0 Å². The number of H-pyrrole nitrogens is 1. The summed E-state index contributed by atoms with van der Waals surface area (Å²) in [5, 5.41) is 0. The Bertz CT molecular complexity index is 370. The van der Waals surface area contributed by atoms with Crippen LogP contribution in [0.4, 0.5) is 0 Å². The predicted molar refractivity (Wildman–Crippen MR) is 50.7 cm³/mol. The molecule has 1 heterocycles. The molecule has 0 saturated carbocycles. The third-order valence-corrected chi connectivity index (χ3v) is 2.05. The van der Waals surface area contributed by atoms with Crippen molar-refractivity contribution < 1.29 is 4.28 Å². The summed E-state index contributed by atoms with van der Waals surface area (Å²) in [6, 6.07) is 1.23. The topological polar surface area (TPSA) is 64.1 Å². The summed E-state index contributed by atoms with van der Waals surface area (Å²) in [5.74, 6) is 0.797. The van der Waals surface area contributed by atoms with Gasteiger partial charge in [0.05, 0.1) is 18.2 Å². The van der Waals surface area contributed by atoms with Crippen LogP contribution >= 0.6 is 12.0 Å². The summed E-state index contributed by atoms with van der Waals surface area (Å²) < 4.78 is 5.97. The standard InChI is InChI=1S/C7H10N2O3S/c1-2-5-13-12-9-4-3-6(10)8-7(9)11/h3-4H,2,5H2,1H3,(H,8,10,11). The van der Waals surface area contributed by atoms with Crippen molar-refractivity contribution in [2.45, 2.75) is 13.3 Å². The van der Waals surface area contributed by atoms with Crippen LogP contribution in [-0.4, -0.2) is 15.5 Å². The molecule has 0 saturated heterocycles. The van der Waals surface area contributed by atoms with Gasteiger partial charge in [0, 0.05) is 11.8 Å². The first kappa shape index (κ1) is 9.91. The Morgan fingerprint density at radius 2 is 2.38 bits per heavy atom. The molecule has 0 spiro atoms. The fraction of sp³-hybridized carbons (Fsp3) is 0.429. The van der Waals surface area contributed by atoms with Crippen molar-refractivity contribution in [3.05, 3.63) is 33.1 Å². The van der Waals surface area contributed by atoms with E-state index in [4.69, 9.17) is 4.28 Å². The molecule has 0 aromatic carbocycles. The van der Waals surface area contributed by atoms with Crippen molar-refractivity contribution in [1.82, 2.24) is 9.71 Å². The van der Waals surface area contributed by atoms with Crippen LogP contribution in [0.1, 0.15) is 13.3 Å². The molecule has 0 aliphatic heterocycles. The Morgan fingerprint density at radius 3 is 3.00 bits per heavy atom. The highest BCUT2D eigenvalue weighted by Crippen LogP contribution is 1.97. The summed E-state index contributed by atoms with van der Waals surface area (Å²) in [7, 11) is 0. The second-order valence-electron chi connectivity index (χ2n) is 2.33. The molecule has 0 amide bonds. The molecule has 6 heteroatoms. The second kappa shape index (κ2) is 4.76. The highest BCUT2D eigenvalue weighted by atomic mass is 32.2. The van der Waals surface area contributed by atoms with Crippen molar-refractivity contribution in [2.24, 2.45) is 0 Å². The van der Waals surface area contributed by atoms with Crippen LogP contribution in [0.5, 0.6) is 0 Å². The lowest BCUT2D eigenvalue weighted by atomic mass is 10.6. The van der Waals surface area contributed by atoms with Crippen molar-refractivity contribution in [1.29, 1.82) is 0 Å². The van der Waals surface area contributed by atoms with Crippen molar-refractivity contribution >= 4 is 12.0 Å². The Kier molecular flexibility index (Phi) is 3.63. The molecule has 0 aliphatic carbocycles. The number of rotatable bonds is 4. The van der Waals surface area contributed by atoms with Crippen LogP contribution in [-0.2, 0) is 0 Å². The van der Waals surface area contributed by atoms with Gasteiger partial charge in [-0.3, -0.25) is 9.78 Å². The highest BCUT2D eigenvalue weighted by Gasteiger charge is 1.96. The number of nitrogens with zero attached hydrogens (tertiary/aromatic N) is 1. The van der Waals surface area contributed by atoms with E-state index in [1.807, 2.05) is 6.92 Å². The molecular formula is C7H10N2O3S. The van der Waals surface area contributed by atoms with E-state index in [1.54, 1.807) is 0 Å². The van der Waals surface area contributed by atoms with Gasteiger partial charge in [0.15, 0.2) is 0 Å². The molecule has 13 heavy (non-hydrogen) atoms. The molecule has 0 fully saturated rings.